The summed E-state index contributed by atoms with van der Waals surface area (Å²) in [5, 5.41) is 0. The fraction of sp³-hybridized carbons (Fsp3) is 0.550. The highest BCUT2D eigenvalue weighted by Gasteiger charge is 2.41. The lowest BCUT2D eigenvalue weighted by Crippen LogP contribution is -2.61. The van der Waals surface area contributed by atoms with Gasteiger partial charge in [0, 0.05) is 51.7 Å². The number of carbonyl (C=O) groups is 1. The van der Waals surface area contributed by atoms with Crippen molar-refractivity contribution in [1.82, 2.24) is 14.7 Å². The van der Waals surface area contributed by atoms with Crippen LogP contribution in [0.4, 0.5) is 0 Å². The van der Waals surface area contributed by atoms with E-state index in [1.165, 1.54) is 5.56 Å². The molecule has 0 aromatic heterocycles. The first kappa shape index (κ1) is 17.2. The van der Waals surface area contributed by atoms with Crippen LogP contribution in [0, 0.1) is 0 Å². The van der Waals surface area contributed by atoms with Crippen LogP contribution in [-0.4, -0.2) is 73.0 Å². The molecule has 1 aromatic rings. The number of amides is 1. The summed E-state index contributed by atoms with van der Waals surface area (Å²) in [6.07, 6.45) is 7.20. The van der Waals surface area contributed by atoms with Crippen molar-refractivity contribution >= 4 is 12.0 Å². The average molecular weight is 327 g/mol. The van der Waals surface area contributed by atoms with E-state index in [2.05, 4.69) is 53.3 Å². The number of hydrogen-bond donors (Lipinski definition) is 0. The Labute approximate surface area is 145 Å². The molecule has 1 spiro atoms. The first-order valence-corrected chi connectivity index (χ1v) is 8.98. The van der Waals surface area contributed by atoms with Gasteiger partial charge in [0.05, 0.1) is 0 Å². The molecule has 2 saturated heterocycles. The molecule has 1 unspecified atom stereocenters. The molecule has 2 fully saturated rings. The van der Waals surface area contributed by atoms with Crippen molar-refractivity contribution in [3.8, 4) is 0 Å². The number of nitrogens with zero attached hydrogens (tertiary/aromatic N) is 3. The van der Waals surface area contributed by atoms with E-state index >= 15 is 0 Å². The van der Waals surface area contributed by atoms with E-state index in [4.69, 9.17) is 0 Å². The van der Waals surface area contributed by atoms with Crippen LogP contribution in [0.25, 0.3) is 6.08 Å². The molecular weight excluding hydrogens is 298 g/mol. The number of likely N-dealkylation sites (N-methyl/N-ethyl adjacent to an activating group) is 1. The quantitative estimate of drug-likeness (QED) is 0.852. The van der Waals surface area contributed by atoms with E-state index < -0.39 is 0 Å². The lowest BCUT2D eigenvalue weighted by Gasteiger charge is -2.49. The fourth-order valence-corrected chi connectivity index (χ4v) is 3.90. The summed E-state index contributed by atoms with van der Waals surface area (Å²) in [6, 6.07) is 10.5. The monoisotopic (exact) mass is 327 g/mol. The summed E-state index contributed by atoms with van der Waals surface area (Å²) in [4.78, 5) is 19.0. The molecule has 0 N–H and O–H groups in total. The van der Waals surface area contributed by atoms with Gasteiger partial charge in [0.25, 0.3) is 0 Å². The zero-order valence-electron chi connectivity index (χ0n) is 14.9. The summed E-state index contributed by atoms with van der Waals surface area (Å²) >= 11 is 0. The van der Waals surface area contributed by atoms with Crippen molar-refractivity contribution in [2.45, 2.75) is 24.8 Å². The second-order valence-electron chi connectivity index (χ2n) is 7.26. The minimum absolute atomic E-state index is 0.152. The van der Waals surface area contributed by atoms with Crippen LogP contribution in [0.5, 0.6) is 0 Å². The maximum absolute atomic E-state index is 12.0. The van der Waals surface area contributed by atoms with Crippen molar-refractivity contribution in [3.63, 3.8) is 0 Å². The molecule has 2 aliphatic heterocycles. The van der Waals surface area contributed by atoms with Crippen LogP contribution < -0.4 is 0 Å². The lowest BCUT2D eigenvalue weighted by molar-refractivity contribution is -0.129. The number of benzene rings is 1. The Morgan fingerprint density at radius 1 is 1.08 bits per heavy atom. The van der Waals surface area contributed by atoms with E-state index in [9.17, 15) is 4.79 Å². The molecule has 1 amide bonds. The average Bonchev–Trinajstić information content (AvgIpc) is 2.74. The predicted octanol–water partition coefficient (Wildman–Crippen LogP) is 2.33. The van der Waals surface area contributed by atoms with Crippen molar-refractivity contribution in [3.05, 3.63) is 42.0 Å². The second-order valence-corrected chi connectivity index (χ2v) is 7.26. The zero-order chi connectivity index (χ0) is 17.0. The van der Waals surface area contributed by atoms with Gasteiger partial charge in [-0.2, -0.15) is 0 Å². The predicted molar refractivity (Wildman–Crippen MR) is 98.8 cm³/mol. The van der Waals surface area contributed by atoms with Gasteiger partial charge in [0.15, 0.2) is 0 Å². The zero-order valence-corrected chi connectivity index (χ0v) is 14.9. The van der Waals surface area contributed by atoms with E-state index in [0.29, 0.717) is 12.3 Å². The van der Waals surface area contributed by atoms with E-state index in [-0.39, 0.29) is 5.54 Å². The third-order valence-corrected chi connectivity index (χ3v) is 5.70. The third-order valence-electron chi connectivity index (χ3n) is 5.70. The van der Waals surface area contributed by atoms with Gasteiger partial charge >= 0.3 is 0 Å². The van der Waals surface area contributed by atoms with Crippen LogP contribution in [0.1, 0.15) is 24.8 Å². The Morgan fingerprint density at radius 3 is 2.67 bits per heavy atom. The van der Waals surface area contributed by atoms with E-state index in [1.54, 1.807) is 0 Å². The fourth-order valence-electron chi connectivity index (χ4n) is 3.90. The highest BCUT2D eigenvalue weighted by atomic mass is 16.2. The van der Waals surface area contributed by atoms with Crippen molar-refractivity contribution < 1.29 is 4.79 Å². The standard InChI is InChI=1S/C20H29N3O/c1-21-14-12-20(11-10-19(21)24)17-23(16-15-22(20)2)13-6-9-18-7-4-3-5-8-18/h3-9H,10-17H2,1-2H3/b9-6+. The van der Waals surface area contributed by atoms with Crippen LogP contribution in [0.3, 0.4) is 0 Å². The SMILES string of the molecule is CN1CCC2(CCC1=O)CN(C/C=C/c1ccccc1)CCN2C. The van der Waals surface area contributed by atoms with Crippen molar-refractivity contribution in [1.29, 1.82) is 0 Å². The van der Waals surface area contributed by atoms with E-state index in [1.807, 2.05) is 18.0 Å². The van der Waals surface area contributed by atoms with Gasteiger partial charge in [-0.05, 0) is 25.5 Å². The Hall–Kier alpha value is -1.65. The third kappa shape index (κ3) is 3.87. The number of piperazine rings is 1. The molecule has 0 radical (unpaired) electrons. The van der Waals surface area contributed by atoms with Gasteiger partial charge in [0.1, 0.15) is 0 Å². The maximum Gasteiger partial charge on any atom is 0.222 e. The molecule has 24 heavy (non-hydrogen) atoms. The first-order chi connectivity index (χ1) is 11.6. The van der Waals surface area contributed by atoms with Gasteiger partial charge < -0.3 is 4.90 Å². The minimum Gasteiger partial charge on any atom is -0.346 e. The Morgan fingerprint density at radius 2 is 1.88 bits per heavy atom. The number of hydrogen-bond acceptors (Lipinski definition) is 3. The second kappa shape index (κ2) is 7.49. The van der Waals surface area contributed by atoms with E-state index in [0.717, 1.165) is 45.6 Å². The normalized spacial score (nSPS) is 27.1. The minimum atomic E-state index is 0.152. The van der Waals surface area contributed by atoms with Gasteiger partial charge in [0.2, 0.25) is 5.91 Å². The molecule has 0 bridgehead atoms. The molecule has 130 valence electrons. The van der Waals surface area contributed by atoms with Crippen LogP contribution in [0.15, 0.2) is 36.4 Å². The molecule has 4 heteroatoms. The van der Waals surface area contributed by atoms with Gasteiger partial charge in [-0.1, -0.05) is 42.5 Å². The number of likely N-dealkylation sites (tertiary alicyclic amines) is 1. The molecule has 4 nitrogen and oxygen atoms in total. The maximum atomic E-state index is 12.0. The summed E-state index contributed by atoms with van der Waals surface area (Å²) in [7, 11) is 4.16. The Bertz CT molecular complexity index is 586. The Kier molecular flexibility index (Phi) is 5.36. The number of carbonyl (C=O) groups excluding carboxylic acids is 1. The van der Waals surface area contributed by atoms with Gasteiger partial charge in [-0.25, -0.2) is 0 Å². The van der Waals surface area contributed by atoms with Crippen molar-refractivity contribution in [2.24, 2.45) is 0 Å². The molecule has 0 aliphatic carbocycles. The van der Waals surface area contributed by atoms with Gasteiger partial charge in [-0.15, -0.1) is 0 Å². The lowest BCUT2D eigenvalue weighted by atomic mass is 9.86. The van der Waals surface area contributed by atoms with Crippen LogP contribution in [-0.2, 0) is 4.79 Å². The highest BCUT2D eigenvalue weighted by molar-refractivity contribution is 5.76. The van der Waals surface area contributed by atoms with Crippen molar-refractivity contribution in [2.75, 3.05) is 46.8 Å². The smallest absolute Gasteiger partial charge is 0.222 e. The molecule has 3 rings (SSSR count). The molecule has 2 heterocycles. The number of rotatable bonds is 3. The molecule has 1 aromatic carbocycles. The van der Waals surface area contributed by atoms with Gasteiger partial charge in [-0.3, -0.25) is 14.6 Å². The molecule has 0 saturated carbocycles. The Balaban J connectivity index is 1.63. The summed E-state index contributed by atoms with van der Waals surface area (Å²) in [5.74, 6) is 0.293. The summed E-state index contributed by atoms with van der Waals surface area (Å²) in [5.41, 5.74) is 1.40. The largest absolute Gasteiger partial charge is 0.346 e. The summed E-state index contributed by atoms with van der Waals surface area (Å²) in [6.45, 7) is 5.09. The first-order valence-electron chi connectivity index (χ1n) is 8.98. The topological polar surface area (TPSA) is 26.8 Å². The molecule has 2 aliphatic rings. The highest BCUT2D eigenvalue weighted by Crippen LogP contribution is 2.31. The molecular formula is C20H29N3O. The molecule has 1 atom stereocenters. The van der Waals surface area contributed by atoms with Crippen LogP contribution >= 0.6 is 0 Å². The summed E-state index contributed by atoms with van der Waals surface area (Å²) < 4.78 is 0. The van der Waals surface area contributed by atoms with Crippen LogP contribution in [0.2, 0.25) is 0 Å².